The summed E-state index contributed by atoms with van der Waals surface area (Å²) in [6.07, 6.45) is 0. The summed E-state index contributed by atoms with van der Waals surface area (Å²) < 4.78 is 0. The summed E-state index contributed by atoms with van der Waals surface area (Å²) in [4.78, 5) is 4.47. The molecule has 0 radical (unpaired) electrons. The molecule has 5 heteroatoms. The van der Waals surface area contributed by atoms with Crippen LogP contribution in [0.5, 0.6) is 0 Å². The SMILES string of the molecule is CN1CCN(c2ccc(Cl)c(Cl)c2)c2ccc(C#N)cc2C1. The van der Waals surface area contributed by atoms with Crippen LogP contribution in [0, 0.1) is 11.3 Å². The third-order valence-corrected chi connectivity index (χ3v) is 4.60. The lowest BCUT2D eigenvalue weighted by Gasteiger charge is -2.25. The van der Waals surface area contributed by atoms with Gasteiger partial charge in [-0.15, -0.1) is 0 Å². The molecule has 1 heterocycles. The van der Waals surface area contributed by atoms with Gasteiger partial charge in [0.05, 0.1) is 21.7 Å². The van der Waals surface area contributed by atoms with Gasteiger partial charge < -0.3 is 9.80 Å². The highest BCUT2D eigenvalue weighted by Gasteiger charge is 2.20. The van der Waals surface area contributed by atoms with E-state index in [1.807, 2.05) is 36.4 Å². The Labute approximate surface area is 140 Å². The first-order valence-electron chi connectivity index (χ1n) is 7.02. The third kappa shape index (κ3) is 2.91. The maximum Gasteiger partial charge on any atom is 0.0991 e. The van der Waals surface area contributed by atoms with Crippen molar-refractivity contribution in [2.75, 3.05) is 25.0 Å². The molecule has 112 valence electrons. The molecule has 22 heavy (non-hydrogen) atoms. The van der Waals surface area contributed by atoms with Crippen molar-refractivity contribution in [3.63, 3.8) is 0 Å². The first-order valence-corrected chi connectivity index (χ1v) is 7.78. The molecule has 0 fully saturated rings. The first kappa shape index (κ1) is 15.2. The maximum absolute atomic E-state index is 9.12. The molecule has 3 rings (SSSR count). The average molecular weight is 332 g/mol. The van der Waals surface area contributed by atoms with Crippen molar-refractivity contribution in [2.24, 2.45) is 0 Å². The van der Waals surface area contributed by atoms with Gasteiger partial charge in [0.15, 0.2) is 0 Å². The van der Waals surface area contributed by atoms with Crippen molar-refractivity contribution < 1.29 is 0 Å². The fourth-order valence-corrected chi connectivity index (χ4v) is 3.02. The van der Waals surface area contributed by atoms with Gasteiger partial charge in [-0.3, -0.25) is 0 Å². The second-order valence-electron chi connectivity index (χ2n) is 5.44. The number of fused-ring (bicyclic) bond motifs is 1. The molecule has 0 saturated heterocycles. The van der Waals surface area contributed by atoms with E-state index in [9.17, 15) is 0 Å². The average Bonchev–Trinajstić information content (AvgIpc) is 2.67. The number of anilines is 2. The Hall–Kier alpha value is -1.73. The van der Waals surface area contributed by atoms with Gasteiger partial charge in [-0.2, -0.15) is 5.26 Å². The summed E-state index contributed by atoms with van der Waals surface area (Å²) >= 11 is 12.2. The van der Waals surface area contributed by atoms with E-state index in [-0.39, 0.29) is 0 Å². The Kier molecular flexibility index (Phi) is 4.26. The molecule has 0 N–H and O–H groups in total. The highest BCUT2D eigenvalue weighted by atomic mass is 35.5. The van der Waals surface area contributed by atoms with Crippen molar-refractivity contribution in [1.82, 2.24) is 4.90 Å². The van der Waals surface area contributed by atoms with Gasteiger partial charge >= 0.3 is 0 Å². The van der Waals surface area contributed by atoms with E-state index < -0.39 is 0 Å². The van der Waals surface area contributed by atoms with E-state index in [0.717, 1.165) is 36.6 Å². The summed E-state index contributed by atoms with van der Waals surface area (Å²) in [5.41, 5.74) is 3.95. The van der Waals surface area contributed by atoms with Crippen molar-refractivity contribution in [1.29, 1.82) is 5.26 Å². The van der Waals surface area contributed by atoms with Crippen molar-refractivity contribution >= 4 is 34.6 Å². The molecule has 0 bridgehead atoms. The Bertz CT molecular complexity index is 752. The Balaban J connectivity index is 2.09. The molecule has 0 unspecified atom stereocenters. The number of benzene rings is 2. The molecule has 0 saturated carbocycles. The lowest BCUT2D eigenvalue weighted by molar-refractivity contribution is 0.343. The summed E-state index contributed by atoms with van der Waals surface area (Å²) in [5.74, 6) is 0. The number of nitriles is 1. The molecule has 1 aliphatic heterocycles. The van der Waals surface area contributed by atoms with Crippen LogP contribution < -0.4 is 4.90 Å². The quantitative estimate of drug-likeness (QED) is 0.773. The number of hydrogen-bond donors (Lipinski definition) is 0. The molecule has 0 atom stereocenters. The Morgan fingerprint density at radius 3 is 2.59 bits per heavy atom. The third-order valence-electron chi connectivity index (χ3n) is 3.86. The summed E-state index contributed by atoms with van der Waals surface area (Å²) in [7, 11) is 2.08. The zero-order chi connectivity index (χ0) is 15.7. The topological polar surface area (TPSA) is 30.3 Å². The molecule has 3 nitrogen and oxygen atoms in total. The minimum Gasteiger partial charge on any atom is -0.340 e. The summed E-state index contributed by atoms with van der Waals surface area (Å²) in [6, 6.07) is 13.7. The van der Waals surface area contributed by atoms with Crippen LogP contribution in [0.25, 0.3) is 0 Å². The van der Waals surface area contributed by atoms with Crippen LogP contribution in [0.1, 0.15) is 11.1 Å². The molecule has 0 aromatic heterocycles. The second-order valence-corrected chi connectivity index (χ2v) is 6.26. The second kappa shape index (κ2) is 6.18. The molecule has 2 aromatic carbocycles. The van der Waals surface area contributed by atoms with Gasteiger partial charge in [0.25, 0.3) is 0 Å². The lowest BCUT2D eigenvalue weighted by Crippen LogP contribution is -2.26. The van der Waals surface area contributed by atoms with E-state index in [1.54, 1.807) is 0 Å². The summed E-state index contributed by atoms with van der Waals surface area (Å²) in [5, 5.41) is 10.2. The van der Waals surface area contributed by atoms with Crippen LogP contribution >= 0.6 is 23.2 Å². The number of hydrogen-bond acceptors (Lipinski definition) is 3. The van der Waals surface area contributed by atoms with Crippen LogP contribution in [0.15, 0.2) is 36.4 Å². The van der Waals surface area contributed by atoms with Crippen LogP contribution in [-0.4, -0.2) is 25.0 Å². The van der Waals surface area contributed by atoms with Crippen LogP contribution in [0.2, 0.25) is 10.0 Å². The molecule has 0 amide bonds. The molecule has 0 aliphatic carbocycles. The zero-order valence-corrected chi connectivity index (χ0v) is 13.7. The van der Waals surface area contributed by atoms with Gasteiger partial charge in [-0.1, -0.05) is 23.2 Å². The van der Waals surface area contributed by atoms with Gasteiger partial charge in [0, 0.05) is 31.0 Å². The number of rotatable bonds is 1. The molecule has 1 aliphatic rings. The minimum absolute atomic E-state index is 0.548. The van der Waals surface area contributed by atoms with Crippen LogP contribution in [-0.2, 0) is 6.54 Å². The van der Waals surface area contributed by atoms with Gasteiger partial charge in [0.2, 0.25) is 0 Å². The number of nitrogens with zero attached hydrogens (tertiary/aromatic N) is 3. The number of likely N-dealkylation sites (N-methyl/N-ethyl adjacent to an activating group) is 1. The van der Waals surface area contributed by atoms with E-state index in [1.165, 1.54) is 0 Å². The Morgan fingerprint density at radius 1 is 1.05 bits per heavy atom. The highest BCUT2D eigenvalue weighted by Crippen LogP contribution is 2.35. The van der Waals surface area contributed by atoms with E-state index in [4.69, 9.17) is 28.5 Å². The predicted octanol–water partition coefficient (Wildman–Crippen LogP) is 4.45. The Morgan fingerprint density at radius 2 is 1.86 bits per heavy atom. The first-order chi connectivity index (χ1) is 10.6. The molecule has 0 spiro atoms. The van der Waals surface area contributed by atoms with Crippen LogP contribution in [0.3, 0.4) is 0 Å². The van der Waals surface area contributed by atoms with Crippen molar-refractivity contribution in [3.05, 3.63) is 57.6 Å². The van der Waals surface area contributed by atoms with Crippen molar-refractivity contribution in [2.45, 2.75) is 6.54 Å². The van der Waals surface area contributed by atoms with Gasteiger partial charge in [0.1, 0.15) is 0 Å². The minimum atomic E-state index is 0.548. The molecular weight excluding hydrogens is 317 g/mol. The maximum atomic E-state index is 9.12. The summed E-state index contributed by atoms with van der Waals surface area (Å²) in [6.45, 7) is 2.60. The standard InChI is InChI=1S/C17H15Cl2N3/c1-21-6-7-22(14-3-4-15(18)16(19)9-14)17-5-2-12(10-20)8-13(17)11-21/h2-5,8-9H,6-7,11H2,1H3. The lowest BCUT2D eigenvalue weighted by atomic mass is 10.1. The van der Waals surface area contributed by atoms with Gasteiger partial charge in [-0.25, -0.2) is 0 Å². The molecule has 2 aromatic rings. The van der Waals surface area contributed by atoms with Crippen molar-refractivity contribution in [3.8, 4) is 6.07 Å². The fourth-order valence-electron chi connectivity index (χ4n) is 2.73. The zero-order valence-electron chi connectivity index (χ0n) is 12.2. The molecular formula is C17H15Cl2N3. The van der Waals surface area contributed by atoms with E-state index >= 15 is 0 Å². The highest BCUT2D eigenvalue weighted by molar-refractivity contribution is 6.42. The van der Waals surface area contributed by atoms with Crippen LogP contribution in [0.4, 0.5) is 11.4 Å². The monoisotopic (exact) mass is 331 g/mol. The fraction of sp³-hybridized carbons (Fsp3) is 0.235. The van der Waals surface area contributed by atoms with Gasteiger partial charge in [-0.05, 0) is 49.0 Å². The number of halogens is 2. The van der Waals surface area contributed by atoms with E-state index in [2.05, 4.69) is 22.9 Å². The smallest absolute Gasteiger partial charge is 0.0991 e. The largest absolute Gasteiger partial charge is 0.340 e. The van der Waals surface area contributed by atoms with E-state index in [0.29, 0.717) is 15.6 Å². The normalized spacial score (nSPS) is 15.1. The predicted molar refractivity (Wildman–Crippen MR) is 91.0 cm³/mol.